The van der Waals surface area contributed by atoms with Gasteiger partial charge in [0, 0.05) is 73.4 Å². The van der Waals surface area contributed by atoms with E-state index >= 15 is 8.78 Å². The number of benzene rings is 2. The lowest BCUT2D eigenvalue weighted by atomic mass is 9.86. The minimum absolute atomic E-state index is 0.0722. The van der Waals surface area contributed by atoms with Gasteiger partial charge in [-0.1, -0.05) is 18.2 Å². The van der Waals surface area contributed by atoms with E-state index in [9.17, 15) is 9.18 Å². The van der Waals surface area contributed by atoms with Crippen molar-refractivity contribution in [1.29, 1.82) is 0 Å². The Balaban J connectivity index is 1.33. The van der Waals surface area contributed by atoms with Crippen LogP contribution in [0.5, 0.6) is 5.75 Å². The van der Waals surface area contributed by atoms with Gasteiger partial charge in [0.1, 0.15) is 30.0 Å². The zero-order valence-corrected chi connectivity index (χ0v) is 20.8. The van der Waals surface area contributed by atoms with Crippen molar-refractivity contribution in [2.45, 2.75) is 25.4 Å². The topological polar surface area (TPSA) is 60.6 Å². The zero-order valence-electron chi connectivity index (χ0n) is 20.8. The van der Waals surface area contributed by atoms with Crippen LogP contribution in [-0.2, 0) is 11.2 Å². The number of aromatic nitrogens is 1. The summed E-state index contributed by atoms with van der Waals surface area (Å²) >= 11 is 0. The van der Waals surface area contributed by atoms with E-state index in [0.29, 0.717) is 44.8 Å². The van der Waals surface area contributed by atoms with Crippen molar-refractivity contribution < 1.29 is 22.7 Å². The van der Waals surface area contributed by atoms with E-state index in [0.717, 1.165) is 16.5 Å². The lowest BCUT2D eigenvalue weighted by molar-refractivity contribution is -0.142. The van der Waals surface area contributed by atoms with Crippen LogP contribution in [0.2, 0.25) is 0 Å². The molecule has 0 aliphatic carbocycles. The van der Waals surface area contributed by atoms with Crippen molar-refractivity contribution in [3.05, 3.63) is 64.9 Å². The summed E-state index contributed by atoms with van der Waals surface area (Å²) in [4.78, 5) is 20.6. The van der Waals surface area contributed by atoms with Crippen LogP contribution in [0, 0.1) is 23.5 Å². The number of halogens is 3. The normalized spacial score (nSPS) is 22.5. The van der Waals surface area contributed by atoms with Crippen LogP contribution in [0.15, 0.2) is 36.4 Å². The molecule has 3 aromatic rings. The summed E-state index contributed by atoms with van der Waals surface area (Å²) in [6.45, 7) is 4.91. The summed E-state index contributed by atoms with van der Waals surface area (Å²) < 4.78 is 49.7. The quantitative estimate of drug-likeness (QED) is 0.506. The molecule has 6 rings (SSSR count). The summed E-state index contributed by atoms with van der Waals surface area (Å²) in [6.07, 6.45) is 0.603. The number of ether oxygens (including phenoxy) is 1. The molecule has 0 spiro atoms. The van der Waals surface area contributed by atoms with Gasteiger partial charge >= 0.3 is 0 Å². The number of carbonyl (C=O) groups excluding carboxylic acids is 1. The Bertz CT molecular complexity index is 1290. The third-order valence-corrected chi connectivity index (χ3v) is 8.01. The highest BCUT2D eigenvalue weighted by Crippen LogP contribution is 2.43. The van der Waals surface area contributed by atoms with E-state index < -0.39 is 17.7 Å². The third-order valence-electron chi connectivity index (χ3n) is 8.01. The van der Waals surface area contributed by atoms with Crippen molar-refractivity contribution >= 4 is 16.8 Å². The van der Waals surface area contributed by atoms with Gasteiger partial charge in [0.15, 0.2) is 0 Å². The first-order valence-electron chi connectivity index (χ1n) is 13.0. The molecule has 0 radical (unpaired) electrons. The number of alkyl halides is 1. The number of aromatic amines is 1. The number of hydrogen-bond donors (Lipinski definition) is 2. The van der Waals surface area contributed by atoms with Gasteiger partial charge in [-0.25, -0.2) is 8.78 Å². The van der Waals surface area contributed by atoms with E-state index in [1.165, 1.54) is 12.1 Å². The maximum absolute atomic E-state index is 15.7. The van der Waals surface area contributed by atoms with E-state index in [1.807, 2.05) is 36.1 Å². The van der Waals surface area contributed by atoms with E-state index in [1.54, 1.807) is 4.90 Å². The van der Waals surface area contributed by atoms with Crippen molar-refractivity contribution in [1.82, 2.24) is 20.1 Å². The fraction of sp³-hybridized carbons (Fsp3) is 0.464. The lowest BCUT2D eigenvalue weighted by Gasteiger charge is -2.44. The maximum Gasteiger partial charge on any atom is 0.229 e. The SMILES string of the molecule is C[C@@H]1Cc2c([nH]c3ccccc23)[C@@H](c2c(F)cc(OCCN3CC(CF)C3)cc2F)N1C(=O)C1CNC1. The van der Waals surface area contributed by atoms with Gasteiger partial charge < -0.3 is 19.9 Å². The van der Waals surface area contributed by atoms with Gasteiger partial charge in [-0.05, 0) is 25.0 Å². The number of amides is 1. The van der Waals surface area contributed by atoms with E-state index in [-0.39, 0.29) is 48.4 Å². The van der Waals surface area contributed by atoms with Gasteiger partial charge in [-0.3, -0.25) is 14.1 Å². The van der Waals surface area contributed by atoms with Crippen LogP contribution in [-0.4, -0.2) is 72.7 Å². The average molecular weight is 513 g/mol. The molecule has 4 heterocycles. The maximum atomic E-state index is 15.7. The number of likely N-dealkylation sites (tertiary alicyclic amines) is 1. The van der Waals surface area contributed by atoms with Crippen molar-refractivity contribution in [3.63, 3.8) is 0 Å². The molecule has 6 nitrogen and oxygen atoms in total. The highest BCUT2D eigenvalue weighted by atomic mass is 19.1. The number of carbonyl (C=O) groups is 1. The second-order valence-electron chi connectivity index (χ2n) is 10.5. The Kier molecular flexibility index (Phi) is 6.36. The molecular formula is C28H31F3N4O2. The fourth-order valence-corrected chi connectivity index (χ4v) is 5.92. The number of rotatable bonds is 7. The predicted molar refractivity (Wildman–Crippen MR) is 134 cm³/mol. The fourth-order valence-electron chi connectivity index (χ4n) is 5.92. The van der Waals surface area contributed by atoms with Gasteiger partial charge in [0.25, 0.3) is 0 Å². The Labute approximate surface area is 213 Å². The molecule has 0 bridgehead atoms. The van der Waals surface area contributed by atoms with Crippen LogP contribution in [0.1, 0.15) is 29.8 Å². The number of H-pyrrole nitrogens is 1. The minimum Gasteiger partial charge on any atom is -0.492 e. The van der Waals surface area contributed by atoms with E-state index in [4.69, 9.17) is 4.74 Å². The Morgan fingerprint density at radius 2 is 1.86 bits per heavy atom. The van der Waals surface area contributed by atoms with Gasteiger partial charge in [0.2, 0.25) is 5.91 Å². The number of para-hydroxylation sites is 1. The Hall–Kier alpha value is -3.04. The summed E-state index contributed by atoms with van der Waals surface area (Å²) in [7, 11) is 0. The van der Waals surface area contributed by atoms with Crippen molar-refractivity contribution in [2.75, 3.05) is 46.0 Å². The van der Waals surface area contributed by atoms with Crippen LogP contribution in [0.3, 0.4) is 0 Å². The highest BCUT2D eigenvalue weighted by molar-refractivity contribution is 5.87. The molecule has 9 heteroatoms. The monoisotopic (exact) mass is 512 g/mol. The number of nitrogens with one attached hydrogen (secondary N) is 2. The number of nitrogens with zero attached hydrogens (tertiary/aromatic N) is 2. The second-order valence-corrected chi connectivity index (χ2v) is 10.5. The molecule has 3 aliphatic rings. The Morgan fingerprint density at radius 3 is 2.54 bits per heavy atom. The zero-order chi connectivity index (χ0) is 25.7. The Morgan fingerprint density at radius 1 is 1.14 bits per heavy atom. The first-order valence-corrected chi connectivity index (χ1v) is 13.0. The van der Waals surface area contributed by atoms with Crippen molar-refractivity contribution in [2.24, 2.45) is 11.8 Å². The molecule has 196 valence electrons. The third kappa shape index (κ3) is 4.28. The molecule has 37 heavy (non-hydrogen) atoms. The summed E-state index contributed by atoms with van der Waals surface area (Å²) in [6, 6.07) is 9.06. The highest BCUT2D eigenvalue weighted by Gasteiger charge is 2.44. The van der Waals surface area contributed by atoms with Gasteiger partial charge in [-0.2, -0.15) is 0 Å². The molecule has 2 atom stereocenters. The standard InChI is InChI=1S/C28H31F3N4O2/c1-16-8-21-20-4-2-3-5-24(20)33-26(21)27(35(16)28(36)18-12-32-13-18)25-22(30)9-19(10-23(25)31)37-7-6-34-14-17(11-29)15-34/h2-5,9-10,16-18,27,32-33H,6-8,11-15H2,1H3/t16-,27-/m1/s1. The lowest BCUT2D eigenvalue weighted by Crippen LogP contribution is -2.56. The summed E-state index contributed by atoms with van der Waals surface area (Å²) in [5, 5.41) is 4.13. The van der Waals surface area contributed by atoms with E-state index in [2.05, 4.69) is 10.3 Å². The molecule has 1 aromatic heterocycles. The molecule has 3 aliphatic heterocycles. The molecule has 2 saturated heterocycles. The number of hydrogen-bond acceptors (Lipinski definition) is 4. The molecule has 2 fully saturated rings. The molecule has 1 amide bonds. The van der Waals surface area contributed by atoms with Crippen molar-refractivity contribution in [3.8, 4) is 5.75 Å². The molecule has 2 N–H and O–H groups in total. The smallest absolute Gasteiger partial charge is 0.229 e. The molecular weight excluding hydrogens is 481 g/mol. The molecule has 2 aromatic carbocycles. The second kappa shape index (κ2) is 9.68. The molecule has 0 unspecified atom stereocenters. The molecule has 0 saturated carbocycles. The van der Waals surface area contributed by atoms with Crippen LogP contribution < -0.4 is 10.1 Å². The first-order chi connectivity index (χ1) is 17.9. The van der Waals surface area contributed by atoms with Crippen LogP contribution in [0.25, 0.3) is 10.9 Å². The summed E-state index contributed by atoms with van der Waals surface area (Å²) in [5.41, 5.74) is 2.38. The summed E-state index contributed by atoms with van der Waals surface area (Å²) in [5.74, 6) is -1.62. The minimum atomic E-state index is -0.910. The number of fused-ring (bicyclic) bond motifs is 3. The van der Waals surface area contributed by atoms with Gasteiger partial charge in [-0.15, -0.1) is 0 Å². The van der Waals surface area contributed by atoms with Crippen LogP contribution in [0.4, 0.5) is 13.2 Å². The predicted octanol–water partition coefficient (Wildman–Crippen LogP) is 3.81. The average Bonchev–Trinajstić information content (AvgIpc) is 3.17. The first kappa shape index (κ1) is 24.3. The van der Waals surface area contributed by atoms with Gasteiger partial charge in [0.05, 0.1) is 18.2 Å². The largest absolute Gasteiger partial charge is 0.492 e. The van der Waals surface area contributed by atoms with Crippen LogP contribution >= 0.6 is 0 Å².